The van der Waals surface area contributed by atoms with Crippen LogP contribution < -0.4 is 10.6 Å². The van der Waals surface area contributed by atoms with Gasteiger partial charge < -0.3 is 10.6 Å². The first-order chi connectivity index (χ1) is 8.25. The molecule has 0 bridgehead atoms. The maximum absolute atomic E-state index is 11.8. The van der Waals surface area contributed by atoms with Crippen LogP contribution in [0.4, 0.5) is 0 Å². The van der Waals surface area contributed by atoms with Crippen molar-refractivity contribution in [1.29, 1.82) is 0 Å². The van der Waals surface area contributed by atoms with Crippen LogP contribution in [0, 0.1) is 6.92 Å². The van der Waals surface area contributed by atoms with Crippen LogP contribution in [0.15, 0.2) is 18.3 Å². The van der Waals surface area contributed by atoms with Gasteiger partial charge in [0.25, 0.3) is 5.91 Å². The molecule has 1 amide bonds. The van der Waals surface area contributed by atoms with E-state index in [2.05, 4.69) is 15.6 Å². The fourth-order valence-electron chi connectivity index (χ4n) is 2.15. The minimum absolute atomic E-state index is 0.00602. The van der Waals surface area contributed by atoms with Crippen LogP contribution >= 0.6 is 0 Å². The Morgan fingerprint density at radius 1 is 1.65 bits per heavy atom. The molecule has 2 rings (SSSR count). The average molecular weight is 233 g/mol. The molecule has 4 nitrogen and oxygen atoms in total. The lowest BCUT2D eigenvalue weighted by atomic mass is 10.1. The highest BCUT2D eigenvalue weighted by molar-refractivity contribution is 5.94. The van der Waals surface area contributed by atoms with E-state index in [1.165, 1.54) is 12.8 Å². The van der Waals surface area contributed by atoms with Crippen LogP contribution in [0.5, 0.6) is 0 Å². The molecule has 2 heterocycles. The zero-order chi connectivity index (χ0) is 12.1. The first kappa shape index (κ1) is 12.0. The molecule has 4 heteroatoms. The van der Waals surface area contributed by atoms with Gasteiger partial charge in [-0.2, -0.15) is 0 Å². The molecule has 1 aliphatic heterocycles. The summed E-state index contributed by atoms with van der Waals surface area (Å²) in [5, 5.41) is 6.36. The fourth-order valence-corrected chi connectivity index (χ4v) is 2.15. The smallest absolute Gasteiger partial charge is 0.251 e. The van der Waals surface area contributed by atoms with Gasteiger partial charge in [0, 0.05) is 30.0 Å². The molecule has 1 aliphatic rings. The van der Waals surface area contributed by atoms with E-state index in [1.54, 1.807) is 12.3 Å². The zero-order valence-corrected chi connectivity index (χ0v) is 10.2. The third-order valence-corrected chi connectivity index (χ3v) is 3.10. The summed E-state index contributed by atoms with van der Waals surface area (Å²) in [5.74, 6) is -0.00602. The molecule has 1 aromatic rings. The van der Waals surface area contributed by atoms with Crippen LogP contribution in [-0.4, -0.2) is 30.0 Å². The van der Waals surface area contributed by atoms with Gasteiger partial charge in [0.1, 0.15) is 0 Å². The summed E-state index contributed by atoms with van der Waals surface area (Å²) in [6.07, 6.45) is 5.16. The summed E-state index contributed by atoms with van der Waals surface area (Å²) in [6.45, 7) is 3.74. The summed E-state index contributed by atoms with van der Waals surface area (Å²) < 4.78 is 0. The predicted octanol–water partition coefficient (Wildman–Crippen LogP) is 1.26. The van der Waals surface area contributed by atoms with Crippen molar-refractivity contribution in [2.24, 2.45) is 0 Å². The summed E-state index contributed by atoms with van der Waals surface area (Å²) in [6, 6.07) is 4.13. The normalized spacial score (nSPS) is 19.2. The van der Waals surface area contributed by atoms with Crippen LogP contribution in [0.1, 0.15) is 35.3 Å². The number of amides is 1. The summed E-state index contributed by atoms with van der Waals surface area (Å²) in [7, 11) is 0. The molecule has 0 radical (unpaired) electrons. The molecule has 1 saturated heterocycles. The van der Waals surface area contributed by atoms with E-state index in [4.69, 9.17) is 0 Å². The lowest BCUT2D eigenvalue weighted by molar-refractivity contribution is 0.0952. The number of carbonyl (C=O) groups excluding carboxylic acids is 1. The summed E-state index contributed by atoms with van der Waals surface area (Å²) in [5.41, 5.74) is 1.56. The third kappa shape index (κ3) is 3.53. The molecular formula is C13H19N3O. The van der Waals surface area contributed by atoms with Gasteiger partial charge in [0.15, 0.2) is 0 Å². The largest absolute Gasteiger partial charge is 0.352 e. The molecule has 0 spiro atoms. The molecule has 1 fully saturated rings. The average Bonchev–Trinajstić information content (AvgIpc) is 2.82. The number of hydrogen-bond donors (Lipinski definition) is 2. The monoisotopic (exact) mass is 233 g/mol. The Hall–Kier alpha value is -1.42. The minimum Gasteiger partial charge on any atom is -0.352 e. The third-order valence-electron chi connectivity index (χ3n) is 3.10. The molecule has 0 aliphatic carbocycles. The number of nitrogens with one attached hydrogen (secondary N) is 2. The highest BCUT2D eigenvalue weighted by Crippen LogP contribution is 2.07. The van der Waals surface area contributed by atoms with Gasteiger partial charge in [0.05, 0.1) is 0 Å². The first-order valence-electron chi connectivity index (χ1n) is 6.20. The van der Waals surface area contributed by atoms with Crippen molar-refractivity contribution < 1.29 is 4.79 Å². The van der Waals surface area contributed by atoms with Crippen LogP contribution in [0.25, 0.3) is 0 Å². The first-order valence-corrected chi connectivity index (χ1v) is 6.20. The van der Waals surface area contributed by atoms with E-state index in [0.29, 0.717) is 11.6 Å². The number of nitrogens with zero attached hydrogens (tertiary/aromatic N) is 1. The van der Waals surface area contributed by atoms with Gasteiger partial charge in [-0.25, -0.2) is 0 Å². The van der Waals surface area contributed by atoms with Crippen molar-refractivity contribution in [3.63, 3.8) is 0 Å². The van der Waals surface area contributed by atoms with Gasteiger partial charge in [-0.3, -0.25) is 9.78 Å². The Kier molecular flexibility index (Phi) is 4.09. The van der Waals surface area contributed by atoms with E-state index in [9.17, 15) is 4.79 Å². The Balaban J connectivity index is 1.77. The second kappa shape index (κ2) is 5.77. The van der Waals surface area contributed by atoms with Crippen LogP contribution in [0.3, 0.4) is 0 Å². The summed E-state index contributed by atoms with van der Waals surface area (Å²) >= 11 is 0. The summed E-state index contributed by atoms with van der Waals surface area (Å²) in [4.78, 5) is 15.9. The molecule has 0 unspecified atom stereocenters. The molecule has 0 aromatic carbocycles. The van der Waals surface area contributed by atoms with Gasteiger partial charge >= 0.3 is 0 Å². The Morgan fingerprint density at radius 3 is 3.24 bits per heavy atom. The highest BCUT2D eigenvalue weighted by Gasteiger charge is 2.13. The molecule has 2 N–H and O–H groups in total. The van der Waals surface area contributed by atoms with Crippen molar-refractivity contribution >= 4 is 5.91 Å². The lowest BCUT2D eigenvalue weighted by Gasteiger charge is -2.10. The number of pyridine rings is 1. The van der Waals surface area contributed by atoms with Gasteiger partial charge in [0.2, 0.25) is 0 Å². The van der Waals surface area contributed by atoms with Crippen LogP contribution in [0.2, 0.25) is 0 Å². The maximum Gasteiger partial charge on any atom is 0.251 e. The number of aryl methyl sites for hydroxylation is 1. The second-order valence-corrected chi connectivity index (χ2v) is 4.52. The van der Waals surface area contributed by atoms with E-state index in [1.807, 2.05) is 13.0 Å². The Bertz CT molecular complexity index is 386. The van der Waals surface area contributed by atoms with Gasteiger partial charge in [-0.05, 0) is 44.9 Å². The standard InChI is InChI=1S/C13H19N3O/c1-10-9-11(4-7-14-10)13(17)16-8-5-12-3-2-6-15-12/h4,7,9,12,15H,2-3,5-6,8H2,1H3,(H,16,17)/t12-/m1/s1. The predicted molar refractivity (Wildman–Crippen MR) is 66.9 cm³/mol. The maximum atomic E-state index is 11.8. The number of rotatable bonds is 4. The number of aromatic nitrogens is 1. The lowest BCUT2D eigenvalue weighted by Crippen LogP contribution is -2.30. The molecule has 0 saturated carbocycles. The molecular weight excluding hydrogens is 214 g/mol. The van der Waals surface area contributed by atoms with E-state index in [0.717, 1.165) is 25.2 Å². The van der Waals surface area contributed by atoms with Crippen molar-refractivity contribution in [2.45, 2.75) is 32.2 Å². The van der Waals surface area contributed by atoms with Crippen LogP contribution in [-0.2, 0) is 0 Å². The fraction of sp³-hybridized carbons (Fsp3) is 0.538. The molecule has 17 heavy (non-hydrogen) atoms. The van der Waals surface area contributed by atoms with Crippen molar-refractivity contribution in [3.8, 4) is 0 Å². The second-order valence-electron chi connectivity index (χ2n) is 4.52. The SMILES string of the molecule is Cc1cc(C(=O)NCC[C@H]2CCCN2)ccn1. The molecule has 1 atom stereocenters. The minimum atomic E-state index is -0.00602. The highest BCUT2D eigenvalue weighted by atomic mass is 16.1. The van der Waals surface area contributed by atoms with Crippen molar-refractivity contribution in [1.82, 2.24) is 15.6 Å². The topological polar surface area (TPSA) is 54.0 Å². The van der Waals surface area contributed by atoms with Crippen molar-refractivity contribution in [3.05, 3.63) is 29.6 Å². The quantitative estimate of drug-likeness (QED) is 0.823. The number of hydrogen-bond acceptors (Lipinski definition) is 3. The molecule has 92 valence electrons. The Morgan fingerprint density at radius 2 is 2.53 bits per heavy atom. The zero-order valence-electron chi connectivity index (χ0n) is 10.2. The van der Waals surface area contributed by atoms with Gasteiger partial charge in [-0.1, -0.05) is 0 Å². The van der Waals surface area contributed by atoms with E-state index < -0.39 is 0 Å². The van der Waals surface area contributed by atoms with Gasteiger partial charge in [-0.15, -0.1) is 0 Å². The van der Waals surface area contributed by atoms with Crippen molar-refractivity contribution in [2.75, 3.05) is 13.1 Å². The number of carbonyl (C=O) groups is 1. The van der Waals surface area contributed by atoms with E-state index >= 15 is 0 Å². The Labute approximate surface area is 102 Å². The molecule has 1 aromatic heterocycles. The van der Waals surface area contributed by atoms with E-state index in [-0.39, 0.29) is 5.91 Å².